The molecule has 26 heavy (non-hydrogen) atoms. The molecule has 1 amide bonds. The quantitative estimate of drug-likeness (QED) is 0.754. The molecule has 0 aliphatic heterocycles. The molecule has 7 heteroatoms. The molecule has 2 aromatic carbocycles. The monoisotopic (exact) mass is 376 g/mol. The van der Waals surface area contributed by atoms with Crippen LogP contribution in [0.25, 0.3) is 0 Å². The van der Waals surface area contributed by atoms with Crippen LogP contribution in [0.4, 0.5) is 5.69 Å². The standard InChI is InChI=1S/C19H24N2O4S/c1-14-5-8-17(9-6-14)26(23,24)21(3)18-10-7-16(13-15(18)2)19(22)20-11-12-25-4/h5-10,13H,11-12H2,1-4H3,(H,20,22). The van der Waals surface area contributed by atoms with Crippen LogP contribution in [-0.4, -0.2) is 41.6 Å². The van der Waals surface area contributed by atoms with Gasteiger partial charge in [-0.05, 0) is 49.7 Å². The van der Waals surface area contributed by atoms with E-state index in [-0.39, 0.29) is 10.8 Å². The fourth-order valence-electron chi connectivity index (χ4n) is 2.52. The average Bonchev–Trinajstić information content (AvgIpc) is 2.61. The number of hydrogen-bond acceptors (Lipinski definition) is 4. The third-order valence-corrected chi connectivity index (χ3v) is 5.86. The molecule has 140 valence electrons. The summed E-state index contributed by atoms with van der Waals surface area (Å²) in [6.45, 7) is 4.53. The number of anilines is 1. The number of methoxy groups -OCH3 is 1. The second-order valence-electron chi connectivity index (χ2n) is 6.04. The number of rotatable bonds is 7. The molecule has 2 rings (SSSR count). The van der Waals surface area contributed by atoms with Gasteiger partial charge in [-0.3, -0.25) is 9.10 Å². The number of carbonyl (C=O) groups is 1. The number of benzene rings is 2. The molecule has 0 saturated heterocycles. The zero-order chi connectivity index (χ0) is 19.3. The number of sulfonamides is 1. The maximum Gasteiger partial charge on any atom is 0.264 e. The number of carbonyl (C=O) groups excluding carboxylic acids is 1. The first kappa shape index (κ1) is 19.9. The van der Waals surface area contributed by atoms with E-state index in [1.807, 2.05) is 6.92 Å². The van der Waals surface area contributed by atoms with Crippen LogP contribution >= 0.6 is 0 Å². The molecule has 0 unspecified atom stereocenters. The van der Waals surface area contributed by atoms with E-state index in [0.717, 1.165) is 5.56 Å². The number of nitrogens with zero attached hydrogens (tertiary/aromatic N) is 1. The van der Waals surface area contributed by atoms with Crippen molar-refractivity contribution in [2.24, 2.45) is 0 Å². The minimum Gasteiger partial charge on any atom is -0.383 e. The second kappa shape index (κ2) is 8.33. The molecule has 0 atom stereocenters. The molecule has 0 fully saturated rings. The molecule has 0 heterocycles. The van der Waals surface area contributed by atoms with E-state index in [4.69, 9.17) is 4.74 Å². The van der Waals surface area contributed by atoms with Crippen LogP contribution in [0.1, 0.15) is 21.5 Å². The first-order valence-electron chi connectivity index (χ1n) is 8.20. The predicted molar refractivity (Wildman–Crippen MR) is 102 cm³/mol. The minimum atomic E-state index is -3.67. The molecule has 0 aliphatic rings. The highest BCUT2D eigenvalue weighted by atomic mass is 32.2. The summed E-state index contributed by atoms with van der Waals surface area (Å²) in [4.78, 5) is 12.3. The molecule has 6 nitrogen and oxygen atoms in total. The lowest BCUT2D eigenvalue weighted by atomic mass is 10.1. The lowest BCUT2D eigenvalue weighted by Gasteiger charge is -2.22. The molecular weight excluding hydrogens is 352 g/mol. The van der Waals surface area contributed by atoms with Crippen molar-refractivity contribution in [3.8, 4) is 0 Å². The Bertz CT molecular complexity index is 877. The summed E-state index contributed by atoms with van der Waals surface area (Å²) >= 11 is 0. The fraction of sp³-hybridized carbons (Fsp3) is 0.316. The third kappa shape index (κ3) is 4.42. The van der Waals surface area contributed by atoms with Gasteiger partial charge in [-0.2, -0.15) is 0 Å². The van der Waals surface area contributed by atoms with E-state index in [9.17, 15) is 13.2 Å². The van der Waals surface area contributed by atoms with Crippen LogP contribution in [0.3, 0.4) is 0 Å². The van der Waals surface area contributed by atoms with Gasteiger partial charge in [-0.25, -0.2) is 8.42 Å². The van der Waals surface area contributed by atoms with Crippen molar-refractivity contribution in [2.45, 2.75) is 18.7 Å². The molecule has 1 N–H and O–H groups in total. The van der Waals surface area contributed by atoms with Gasteiger partial charge in [0.15, 0.2) is 0 Å². The number of nitrogens with one attached hydrogen (secondary N) is 1. The van der Waals surface area contributed by atoms with Gasteiger partial charge in [0.25, 0.3) is 15.9 Å². The Morgan fingerprint density at radius 2 is 1.77 bits per heavy atom. The molecule has 0 aliphatic carbocycles. The predicted octanol–water partition coefficient (Wildman–Crippen LogP) is 2.50. The Hall–Kier alpha value is -2.38. The number of ether oxygens (including phenoxy) is 1. The smallest absolute Gasteiger partial charge is 0.264 e. The fourth-order valence-corrected chi connectivity index (χ4v) is 3.78. The lowest BCUT2D eigenvalue weighted by Crippen LogP contribution is -2.28. The van der Waals surface area contributed by atoms with Gasteiger partial charge in [0, 0.05) is 26.3 Å². The van der Waals surface area contributed by atoms with Crippen LogP contribution < -0.4 is 9.62 Å². The largest absolute Gasteiger partial charge is 0.383 e. The maximum atomic E-state index is 12.8. The van der Waals surface area contributed by atoms with E-state index in [0.29, 0.717) is 30.0 Å². The first-order chi connectivity index (χ1) is 12.3. The summed E-state index contributed by atoms with van der Waals surface area (Å²) in [5.41, 5.74) is 2.69. The Morgan fingerprint density at radius 1 is 1.12 bits per heavy atom. The Balaban J connectivity index is 2.25. The van der Waals surface area contributed by atoms with Gasteiger partial charge >= 0.3 is 0 Å². The normalized spacial score (nSPS) is 11.2. The summed E-state index contributed by atoms with van der Waals surface area (Å²) in [7, 11) is -0.591. The van der Waals surface area contributed by atoms with Gasteiger partial charge in [-0.1, -0.05) is 17.7 Å². The van der Waals surface area contributed by atoms with Gasteiger partial charge in [-0.15, -0.1) is 0 Å². The number of hydrogen-bond donors (Lipinski definition) is 1. The first-order valence-corrected chi connectivity index (χ1v) is 9.64. The van der Waals surface area contributed by atoms with E-state index < -0.39 is 10.0 Å². The van der Waals surface area contributed by atoms with Crippen LogP contribution in [0.2, 0.25) is 0 Å². The molecule has 0 radical (unpaired) electrons. The molecule has 0 bridgehead atoms. The minimum absolute atomic E-state index is 0.222. The van der Waals surface area contributed by atoms with E-state index in [2.05, 4.69) is 5.32 Å². The van der Waals surface area contributed by atoms with Gasteiger partial charge in [0.05, 0.1) is 17.2 Å². The topological polar surface area (TPSA) is 75.7 Å². The summed E-state index contributed by atoms with van der Waals surface area (Å²) in [6.07, 6.45) is 0. The van der Waals surface area contributed by atoms with Gasteiger partial charge in [0.1, 0.15) is 0 Å². The van der Waals surface area contributed by atoms with Crippen molar-refractivity contribution in [3.63, 3.8) is 0 Å². The van der Waals surface area contributed by atoms with Crippen LogP contribution in [-0.2, 0) is 14.8 Å². The average molecular weight is 376 g/mol. The van der Waals surface area contributed by atoms with E-state index in [1.54, 1.807) is 56.5 Å². The van der Waals surface area contributed by atoms with Crippen molar-refractivity contribution in [3.05, 3.63) is 59.2 Å². The van der Waals surface area contributed by atoms with Crippen molar-refractivity contribution in [1.82, 2.24) is 5.32 Å². The van der Waals surface area contributed by atoms with Crippen molar-refractivity contribution >= 4 is 21.6 Å². The molecule has 0 aromatic heterocycles. The third-order valence-electron chi connectivity index (χ3n) is 4.07. The summed E-state index contributed by atoms with van der Waals surface area (Å²) in [5, 5.41) is 2.74. The highest BCUT2D eigenvalue weighted by Crippen LogP contribution is 2.26. The maximum absolute atomic E-state index is 12.8. The Morgan fingerprint density at radius 3 is 2.35 bits per heavy atom. The van der Waals surface area contributed by atoms with Crippen LogP contribution in [0, 0.1) is 13.8 Å². The summed E-state index contributed by atoms with van der Waals surface area (Å²) in [5.74, 6) is -0.222. The molecule has 2 aromatic rings. The Labute approximate surface area is 154 Å². The van der Waals surface area contributed by atoms with Crippen LogP contribution in [0.15, 0.2) is 47.4 Å². The van der Waals surface area contributed by atoms with Gasteiger partial charge < -0.3 is 10.1 Å². The van der Waals surface area contributed by atoms with Crippen molar-refractivity contribution in [1.29, 1.82) is 0 Å². The lowest BCUT2D eigenvalue weighted by molar-refractivity contribution is 0.0937. The highest BCUT2D eigenvalue weighted by molar-refractivity contribution is 7.92. The molecular formula is C19H24N2O4S. The summed E-state index contributed by atoms with van der Waals surface area (Å²) in [6, 6.07) is 11.7. The zero-order valence-electron chi connectivity index (χ0n) is 15.4. The van der Waals surface area contributed by atoms with E-state index in [1.165, 1.54) is 11.4 Å². The molecule has 0 spiro atoms. The number of amides is 1. The highest BCUT2D eigenvalue weighted by Gasteiger charge is 2.22. The van der Waals surface area contributed by atoms with Crippen molar-refractivity contribution < 1.29 is 17.9 Å². The van der Waals surface area contributed by atoms with Crippen LogP contribution in [0.5, 0.6) is 0 Å². The molecule has 0 saturated carbocycles. The van der Waals surface area contributed by atoms with E-state index >= 15 is 0 Å². The SMILES string of the molecule is COCCNC(=O)c1ccc(N(C)S(=O)(=O)c2ccc(C)cc2)c(C)c1. The summed E-state index contributed by atoms with van der Waals surface area (Å²) < 4.78 is 31.8. The van der Waals surface area contributed by atoms with Gasteiger partial charge in [0.2, 0.25) is 0 Å². The Kier molecular flexibility index (Phi) is 6.39. The number of aryl methyl sites for hydroxylation is 2. The second-order valence-corrected chi connectivity index (χ2v) is 8.00. The zero-order valence-corrected chi connectivity index (χ0v) is 16.3. The van der Waals surface area contributed by atoms with Crippen molar-refractivity contribution in [2.75, 3.05) is 31.6 Å².